The lowest BCUT2D eigenvalue weighted by molar-refractivity contribution is -0.385. The summed E-state index contributed by atoms with van der Waals surface area (Å²) in [4.78, 5) is 30.4. The van der Waals surface area contributed by atoms with E-state index in [2.05, 4.69) is 15.2 Å². The molecule has 1 aliphatic heterocycles. The van der Waals surface area contributed by atoms with Gasteiger partial charge in [-0.2, -0.15) is 0 Å². The van der Waals surface area contributed by atoms with Crippen molar-refractivity contribution in [1.82, 2.24) is 4.98 Å². The van der Waals surface area contributed by atoms with E-state index in [0.717, 1.165) is 31.6 Å². The molecular formula is C22H22N4O5S. The third-order valence-electron chi connectivity index (χ3n) is 5.16. The number of methoxy groups -OCH3 is 1. The average Bonchev–Trinajstić information content (AvgIpc) is 3.51. The summed E-state index contributed by atoms with van der Waals surface area (Å²) in [6, 6.07) is 10.0. The Morgan fingerprint density at radius 3 is 2.75 bits per heavy atom. The van der Waals surface area contributed by atoms with Gasteiger partial charge in [0.15, 0.2) is 11.5 Å². The maximum Gasteiger partial charge on any atom is 0.286 e. The minimum absolute atomic E-state index is 0.112. The first-order valence-corrected chi connectivity index (χ1v) is 11.0. The van der Waals surface area contributed by atoms with Gasteiger partial charge in [0.2, 0.25) is 0 Å². The Kier molecular flexibility index (Phi) is 6.50. The lowest BCUT2D eigenvalue weighted by Gasteiger charge is -2.18. The van der Waals surface area contributed by atoms with Crippen molar-refractivity contribution in [3.63, 3.8) is 0 Å². The quantitative estimate of drug-likeness (QED) is 0.395. The van der Waals surface area contributed by atoms with Crippen LogP contribution >= 0.6 is 11.3 Å². The summed E-state index contributed by atoms with van der Waals surface area (Å²) >= 11 is 1.42. The summed E-state index contributed by atoms with van der Waals surface area (Å²) in [5.41, 5.74) is 3.46. The Morgan fingerprint density at radius 1 is 1.25 bits per heavy atom. The van der Waals surface area contributed by atoms with Crippen LogP contribution in [0.25, 0.3) is 0 Å². The zero-order valence-corrected chi connectivity index (χ0v) is 18.3. The number of nitrogens with one attached hydrogen (secondary N) is 1. The average molecular weight is 455 g/mol. The van der Waals surface area contributed by atoms with Gasteiger partial charge in [0.1, 0.15) is 12.2 Å². The van der Waals surface area contributed by atoms with Gasteiger partial charge in [0.25, 0.3) is 11.6 Å². The summed E-state index contributed by atoms with van der Waals surface area (Å²) < 4.78 is 11.0. The van der Waals surface area contributed by atoms with Crippen molar-refractivity contribution in [3.8, 4) is 11.5 Å². The van der Waals surface area contributed by atoms with Crippen LogP contribution in [0, 0.1) is 10.1 Å². The number of aromatic nitrogens is 1. The highest BCUT2D eigenvalue weighted by Gasteiger charge is 2.25. The maximum atomic E-state index is 13.0. The minimum atomic E-state index is -0.606. The number of hydrogen-bond donors (Lipinski definition) is 1. The Bertz CT molecular complexity index is 1110. The van der Waals surface area contributed by atoms with Crippen LogP contribution in [0.3, 0.4) is 0 Å². The van der Waals surface area contributed by atoms with E-state index < -0.39 is 10.8 Å². The molecule has 32 heavy (non-hydrogen) atoms. The zero-order chi connectivity index (χ0) is 22.5. The highest BCUT2D eigenvalue weighted by molar-refractivity contribution is 7.07. The first-order chi connectivity index (χ1) is 15.5. The molecule has 0 spiro atoms. The Balaban J connectivity index is 1.58. The molecule has 1 N–H and O–H groups in total. The van der Waals surface area contributed by atoms with Crippen LogP contribution < -0.4 is 19.7 Å². The number of nitro groups is 1. The highest BCUT2D eigenvalue weighted by Crippen LogP contribution is 2.36. The number of ether oxygens (including phenoxy) is 2. The molecule has 0 bridgehead atoms. The highest BCUT2D eigenvalue weighted by atomic mass is 32.1. The number of hydrogen-bond acceptors (Lipinski definition) is 8. The molecule has 0 radical (unpaired) electrons. The number of rotatable bonds is 8. The third-order valence-corrected chi connectivity index (χ3v) is 5.79. The normalized spacial score (nSPS) is 13.1. The van der Waals surface area contributed by atoms with E-state index >= 15 is 0 Å². The number of carbonyl (C=O) groups excluding carboxylic acids is 1. The number of carbonyl (C=O) groups is 1. The molecule has 0 aliphatic carbocycles. The predicted molar refractivity (Wildman–Crippen MR) is 122 cm³/mol. The number of anilines is 2. The van der Waals surface area contributed by atoms with Gasteiger partial charge in [0.05, 0.1) is 29.3 Å². The van der Waals surface area contributed by atoms with Gasteiger partial charge in [-0.3, -0.25) is 14.9 Å². The Hall–Kier alpha value is -3.66. The summed E-state index contributed by atoms with van der Waals surface area (Å²) in [7, 11) is 1.41. The zero-order valence-electron chi connectivity index (χ0n) is 17.4. The second kappa shape index (κ2) is 9.65. The molecule has 9 nitrogen and oxygen atoms in total. The molecule has 0 saturated carbocycles. The summed E-state index contributed by atoms with van der Waals surface area (Å²) in [5.74, 6) is -0.207. The van der Waals surface area contributed by atoms with E-state index in [0.29, 0.717) is 11.4 Å². The summed E-state index contributed by atoms with van der Waals surface area (Å²) in [5, 5.41) is 16.3. The van der Waals surface area contributed by atoms with Crippen LogP contribution in [-0.2, 0) is 6.61 Å². The molecule has 1 aliphatic rings. The fourth-order valence-corrected chi connectivity index (χ4v) is 4.11. The standard InChI is InChI=1S/C22H22N4O5S/c1-30-20-10-18(19(26(28)29)11-21(20)31-12-16-13-32-14-23-16)22(27)24-15-5-4-6-17(9-15)25-7-2-3-8-25/h4-6,9-11,13-14H,2-3,7-8,12H2,1H3,(H,24,27). The van der Waals surface area contributed by atoms with Crippen LogP contribution in [0.4, 0.5) is 17.1 Å². The monoisotopic (exact) mass is 454 g/mol. The van der Waals surface area contributed by atoms with Gasteiger partial charge in [0, 0.05) is 35.9 Å². The van der Waals surface area contributed by atoms with Crippen molar-refractivity contribution in [1.29, 1.82) is 0 Å². The topological polar surface area (TPSA) is 107 Å². The SMILES string of the molecule is COc1cc(C(=O)Nc2cccc(N3CCCC3)c2)c([N+](=O)[O-])cc1OCc1cscn1. The van der Waals surface area contributed by atoms with Crippen molar-refractivity contribution in [2.24, 2.45) is 0 Å². The van der Waals surface area contributed by atoms with Crippen LogP contribution in [-0.4, -0.2) is 36.0 Å². The minimum Gasteiger partial charge on any atom is -0.493 e. The predicted octanol–water partition coefficient (Wildman–Crippen LogP) is 4.49. The molecule has 4 rings (SSSR count). The molecule has 0 atom stereocenters. The molecule has 3 aromatic rings. The molecule has 10 heteroatoms. The van der Waals surface area contributed by atoms with Crippen LogP contribution in [0.15, 0.2) is 47.3 Å². The van der Waals surface area contributed by atoms with Crippen molar-refractivity contribution in [2.75, 3.05) is 30.4 Å². The Labute approximate surface area is 188 Å². The molecule has 1 saturated heterocycles. The van der Waals surface area contributed by atoms with E-state index in [1.807, 2.05) is 23.6 Å². The lowest BCUT2D eigenvalue weighted by Crippen LogP contribution is -2.18. The smallest absolute Gasteiger partial charge is 0.286 e. The molecule has 2 heterocycles. The summed E-state index contributed by atoms with van der Waals surface area (Å²) in [6.07, 6.45) is 2.28. The first-order valence-electron chi connectivity index (χ1n) is 10.1. The van der Waals surface area contributed by atoms with E-state index in [9.17, 15) is 14.9 Å². The second-order valence-electron chi connectivity index (χ2n) is 7.24. The van der Waals surface area contributed by atoms with Crippen LogP contribution in [0.1, 0.15) is 28.9 Å². The van der Waals surface area contributed by atoms with Gasteiger partial charge < -0.3 is 19.7 Å². The largest absolute Gasteiger partial charge is 0.493 e. The first kappa shape index (κ1) is 21.6. The van der Waals surface area contributed by atoms with E-state index in [-0.39, 0.29) is 29.4 Å². The number of thiazole rings is 1. The molecule has 1 amide bonds. The Morgan fingerprint density at radius 2 is 2.06 bits per heavy atom. The molecule has 2 aromatic carbocycles. The van der Waals surface area contributed by atoms with Crippen LogP contribution in [0.5, 0.6) is 11.5 Å². The van der Waals surface area contributed by atoms with Crippen LogP contribution in [0.2, 0.25) is 0 Å². The third kappa shape index (κ3) is 4.80. The van der Waals surface area contributed by atoms with Gasteiger partial charge in [-0.1, -0.05) is 6.07 Å². The van der Waals surface area contributed by atoms with Gasteiger partial charge in [-0.05, 0) is 31.0 Å². The molecule has 0 unspecified atom stereocenters. The van der Waals surface area contributed by atoms with E-state index in [4.69, 9.17) is 9.47 Å². The van der Waals surface area contributed by atoms with Crippen molar-refractivity contribution < 1.29 is 19.2 Å². The maximum absolute atomic E-state index is 13.0. The lowest BCUT2D eigenvalue weighted by atomic mass is 10.1. The van der Waals surface area contributed by atoms with Crippen molar-refractivity contribution in [3.05, 3.63) is 68.7 Å². The number of nitrogens with zero attached hydrogens (tertiary/aromatic N) is 3. The summed E-state index contributed by atoms with van der Waals surface area (Å²) in [6.45, 7) is 2.08. The molecular weight excluding hydrogens is 432 g/mol. The van der Waals surface area contributed by atoms with Crippen molar-refractivity contribution in [2.45, 2.75) is 19.4 Å². The molecule has 166 valence electrons. The van der Waals surface area contributed by atoms with E-state index in [1.54, 1.807) is 11.6 Å². The van der Waals surface area contributed by atoms with Gasteiger partial charge in [-0.25, -0.2) is 4.98 Å². The molecule has 1 fully saturated rings. The van der Waals surface area contributed by atoms with Crippen molar-refractivity contribution >= 4 is 34.3 Å². The fourth-order valence-electron chi connectivity index (χ4n) is 3.57. The van der Waals surface area contributed by atoms with E-state index in [1.165, 1.54) is 30.6 Å². The second-order valence-corrected chi connectivity index (χ2v) is 7.96. The fraction of sp³-hybridized carbons (Fsp3) is 0.273. The molecule has 1 aromatic heterocycles. The number of amides is 1. The van der Waals surface area contributed by atoms with Gasteiger partial charge in [-0.15, -0.1) is 11.3 Å². The number of benzene rings is 2. The van der Waals surface area contributed by atoms with Gasteiger partial charge >= 0.3 is 0 Å². The number of nitro benzene ring substituents is 1.